The van der Waals surface area contributed by atoms with Crippen LogP contribution in [-0.4, -0.2) is 44.3 Å². The topological polar surface area (TPSA) is 82.1 Å². The molecule has 0 saturated carbocycles. The van der Waals surface area contributed by atoms with E-state index in [2.05, 4.69) is 20.0 Å². The number of aromatic nitrogens is 4. The molecule has 2 aromatic heterocycles. The summed E-state index contributed by atoms with van der Waals surface area (Å²) >= 11 is 0. The lowest BCUT2D eigenvalue weighted by Crippen LogP contribution is -2.38. The molecule has 3 heterocycles. The van der Waals surface area contributed by atoms with Crippen LogP contribution in [0.15, 0.2) is 18.5 Å². The number of anilines is 1. The van der Waals surface area contributed by atoms with Gasteiger partial charge in [-0.1, -0.05) is 0 Å². The summed E-state index contributed by atoms with van der Waals surface area (Å²) in [6.07, 6.45) is 3.88. The van der Waals surface area contributed by atoms with E-state index < -0.39 is 0 Å². The SMILES string of the molecule is Cc1nc(N)cc(C2CN(Cc3cnn(C)c3)CCO2)n1. The minimum absolute atomic E-state index is 0.0561. The van der Waals surface area contributed by atoms with Crippen molar-refractivity contribution in [2.24, 2.45) is 7.05 Å². The van der Waals surface area contributed by atoms with Crippen LogP contribution >= 0.6 is 0 Å². The maximum atomic E-state index is 5.84. The normalized spacial score (nSPS) is 19.8. The highest BCUT2D eigenvalue weighted by atomic mass is 16.5. The highest BCUT2D eigenvalue weighted by molar-refractivity contribution is 5.30. The fourth-order valence-corrected chi connectivity index (χ4v) is 2.62. The quantitative estimate of drug-likeness (QED) is 0.894. The summed E-state index contributed by atoms with van der Waals surface area (Å²) in [5.41, 5.74) is 7.86. The standard InChI is InChI=1S/C14H20N6O/c1-10-17-12(5-14(15)18-10)13-9-20(3-4-21-13)8-11-6-16-19(2)7-11/h5-7,13H,3-4,8-9H2,1-2H3,(H2,15,17,18). The third kappa shape index (κ3) is 3.37. The predicted molar refractivity (Wildman–Crippen MR) is 78.4 cm³/mol. The van der Waals surface area contributed by atoms with Crippen LogP contribution in [0.25, 0.3) is 0 Å². The molecule has 112 valence electrons. The fourth-order valence-electron chi connectivity index (χ4n) is 2.62. The zero-order valence-electron chi connectivity index (χ0n) is 12.4. The summed E-state index contributed by atoms with van der Waals surface area (Å²) in [7, 11) is 1.93. The lowest BCUT2D eigenvalue weighted by molar-refractivity contribution is -0.0350. The van der Waals surface area contributed by atoms with E-state index in [9.17, 15) is 0 Å². The number of hydrogen-bond donors (Lipinski definition) is 1. The first-order valence-electron chi connectivity index (χ1n) is 7.02. The van der Waals surface area contributed by atoms with Gasteiger partial charge < -0.3 is 10.5 Å². The molecule has 1 fully saturated rings. The molecule has 7 heteroatoms. The molecule has 0 spiro atoms. The van der Waals surface area contributed by atoms with Crippen molar-refractivity contribution in [3.05, 3.63) is 35.5 Å². The number of hydrogen-bond acceptors (Lipinski definition) is 6. The van der Waals surface area contributed by atoms with Gasteiger partial charge in [0.2, 0.25) is 0 Å². The van der Waals surface area contributed by atoms with Gasteiger partial charge in [-0.05, 0) is 6.92 Å². The molecule has 0 aliphatic carbocycles. The number of aryl methyl sites for hydroxylation is 2. The zero-order chi connectivity index (χ0) is 14.8. The van der Waals surface area contributed by atoms with E-state index in [4.69, 9.17) is 10.5 Å². The number of nitrogens with two attached hydrogens (primary N) is 1. The molecule has 0 amide bonds. The van der Waals surface area contributed by atoms with E-state index in [1.165, 1.54) is 5.56 Å². The Balaban J connectivity index is 1.70. The molecule has 0 radical (unpaired) electrons. The summed E-state index contributed by atoms with van der Waals surface area (Å²) in [5, 5.41) is 4.20. The summed E-state index contributed by atoms with van der Waals surface area (Å²) in [6, 6.07) is 1.80. The summed E-state index contributed by atoms with van der Waals surface area (Å²) < 4.78 is 7.66. The Hall–Kier alpha value is -1.99. The molecular formula is C14H20N6O. The summed E-state index contributed by atoms with van der Waals surface area (Å²) in [6.45, 7) is 5.10. The van der Waals surface area contributed by atoms with Crippen LogP contribution in [0.1, 0.15) is 23.2 Å². The van der Waals surface area contributed by atoms with E-state index in [1.54, 1.807) is 6.07 Å². The third-order valence-corrected chi connectivity index (χ3v) is 3.52. The molecule has 1 atom stereocenters. The van der Waals surface area contributed by atoms with E-state index in [0.29, 0.717) is 18.2 Å². The largest absolute Gasteiger partial charge is 0.384 e. The van der Waals surface area contributed by atoms with Crippen LogP contribution < -0.4 is 5.73 Å². The Morgan fingerprint density at radius 2 is 2.29 bits per heavy atom. The van der Waals surface area contributed by atoms with E-state index in [1.807, 2.05) is 31.0 Å². The van der Waals surface area contributed by atoms with Crippen molar-refractivity contribution in [2.75, 3.05) is 25.4 Å². The van der Waals surface area contributed by atoms with Crippen LogP contribution in [0.5, 0.6) is 0 Å². The van der Waals surface area contributed by atoms with Crippen molar-refractivity contribution in [1.82, 2.24) is 24.6 Å². The molecule has 7 nitrogen and oxygen atoms in total. The van der Waals surface area contributed by atoms with Gasteiger partial charge in [0, 0.05) is 44.5 Å². The van der Waals surface area contributed by atoms with Crippen molar-refractivity contribution < 1.29 is 4.74 Å². The molecule has 2 N–H and O–H groups in total. The Morgan fingerprint density at radius 3 is 3.00 bits per heavy atom. The van der Waals surface area contributed by atoms with E-state index in [-0.39, 0.29) is 6.10 Å². The molecule has 1 aliphatic rings. The second-order valence-electron chi connectivity index (χ2n) is 5.38. The molecule has 21 heavy (non-hydrogen) atoms. The Labute approximate surface area is 123 Å². The van der Waals surface area contributed by atoms with Gasteiger partial charge in [0.25, 0.3) is 0 Å². The number of rotatable bonds is 3. The third-order valence-electron chi connectivity index (χ3n) is 3.52. The Kier molecular flexibility index (Phi) is 3.85. The van der Waals surface area contributed by atoms with Gasteiger partial charge in [-0.15, -0.1) is 0 Å². The lowest BCUT2D eigenvalue weighted by atomic mass is 10.2. The molecule has 3 rings (SSSR count). The van der Waals surface area contributed by atoms with Gasteiger partial charge in [-0.3, -0.25) is 9.58 Å². The van der Waals surface area contributed by atoms with Gasteiger partial charge in [0.05, 0.1) is 18.5 Å². The Bertz CT molecular complexity index is 605. The molecule has 0 bridgehead atoms. The van der Waals surface area contributed by atoms with Gasteiger partial charge in [-0.25, -0.2) is 9.97 Å². The number of nitrogens with zero attached hydrogens (tertiary/aromatic N) is 5. The van der Waals surface area contributed by atoms with E-state index >= 15 is 0 Å². The molecule has 1 aliphatic heterocycles. The highest BCUT2D eigenvalue weighted by Crippen LogP contribution is 2.22. The molecule has 0 aromatic carbocycles. The molecule has 1 saturated heterocycles. The van der Waals surface area contributed by atoms with Crippen molar-refractivity contribution in [3.8, 4) is 0 Å². The van der Waals surface area contributed by atoms with Gasteiger partial charge in [-0.2, -0.15) is 5.10 Å². The molecular weight excluding hydrogens is 268 g/mol. The van der Waals surface area contributed by atoms with Gasteiger partial charge >= 0.3 is 0 Å². The van der Waals surface area contributed by atoms with E-state index in [0.717, 1.165) is 25.3 Å². The van der Waals surface area contributed by atoms with Crippen LogP contribution in [0.4, 0.5) is 5.82 Å². The first kappa shape index (κ1) is 14.0. The zero-order valence-corrected chi connectivity index (χ0v) is 12.4. The Morgan fingerprint density at radius 1 is 1.43 bits per heavy atom. The summed E-state index contributed by atoms with van der Waals surface area (Å²) in [4.78, 5) is 10.9. The van der Waals surface area contributed by atoms with Gasteiger partial charge in [0.15, 0.2) is 0 Å². The van der Waals surface area contributed by atoms with Crippen molar-refractivity contribution in [3.63, 3.8) is 0 Å². The predicted octanol–water partition coefficient (Wildman–Crippen LogP) is 0.674. The van der Waals surface area contributed by atoms with Crippen molar-refractivity contribution >= 4 is 5.82 Å². The van der Waals surface area contributed by atoms with Crippen LogP contribution in [-0.2, 0) is 18.3 Å². The minimum atomic E-state index is -0.0561. The smallest absolute Gasteiger partial charge is 0.128 e. The number of ether oxygens (including phenoxy) is 1. The maximum absolute atomic E-state index is 5.84. The minimum Gasteiger partial charge on any atom is -0.384 e. The maximum Gasteiger partial charge on any atom is 0.128 e. The van der Waals surface area contributed by atoms with Gasteiger partial charge in [0.1, 0.15) is 17.7 Å². The number of nitrogen functional groups attached to an aromatic ring is 1. The van der Waals surface area contributed by atoms with Crippen molar-refractivity contribution in [2.45, 2.75) is 19.6 Å². The number of morpholine rings is 1. The van der Waals surface area contributed by atoms with Crippen LogP contribution in [0.2, 0.25) is 0 Å². The second-order valence-corrected chi connectivity index (χ2v) is 5.38. The van der Waals surface area contributed by atoms with Crippen LogP contribution in [0.3, 0.4) is 0 Å². The second kappa shape index (κ2) is 5.79. The fraction of sp³-hybridized carbons (Fsp3) is 0.500. The first-order valence-corrected chi connectivity index (χ1v) is 7.02. The molecule has 1 unspecified atom stereocenters. The summed E-state index contributed by atoms with van der Waals surface area (Å²) in [5.74, 6) is 1.17. The molecule has 2 aromatic rings. The lowest BCUT2D eigenvalue weighted by Gasteiger charge is -2.32. The highest BCUT2D eigenvalue weighted by Gasteiger charge is 2.24. The average molecular weight is 288 g/mol. The van der Waals surface area contributed by atoms with Crippen LogP contribution in [0, 0.1) is 6.92 Å². The first-order chi connectivity index (χ1) is 10.1. The average Bonchev–Trinajstić information content (AvgIpc) is 2.83. The van der Waals surface area contributed by atoms with Crippen molar-refractivity contribution in [1.29, 1.82) is 0 Å². The monoisotopic (exact) mass is 288 g/mol.